The van der Waals surface area contributed by atoms with E-state index in [0.29, 0.717) is 45.8 Å². The van der Waals surface area contributed by atoms with Crippen LogP contribution in [-0.2, 0) is 16.1 Å². The molecular weight excluding hydrogens is 431 g/mol. The molecule has 0 radical (unpaired) electrons. The summed E-state index contributed by atoms with van der Waals surface area (Å²) in [6.07, 6.45) is 0.104. The van der Waals surface area contributed by atoms with Gasteiger partial charge in [0, 0.05) is 30.2 Å². The maximum atomic E-state index is 12.7. The lowest BCUT2D eigenvalue weighted by Crippen LogP contribution is -2.48. The summed E-state index contributed by atoms with van der Waals surface area (Å²) in [7, 11) is 0. The van der Waals surface area contributed by atoms with E-state index >= 15 is 0 Å². The molecule has 158 valence electrons. The van der Waals surface area contributed by atoms with Crippen LogP contribution in [0.15, 0.2) is 23.4 Å². The summed E-state index contributed by atoms with van der Waals surface area (Å²) < 4.78 is 7.75. The molecule has 2 heterocycles. The lowest BCUT2D eigenvalue weighted by molar-refractivity contribution is -0.140. The van der Waals surface area contributed by atoms with Gasteiger partial charge in [-0.05, 0) is 38.0 Å². The number of rotatable bonds is 6. The van der Waals surface area contributed by atoms with Gasteiger partial charge in [0.25, 0.3) is 0 Å². The van der Waals surface area contributed by atoms with Gasteiger partial charge in [-0.2, -0.15) is 0 Å². The van der Waals surface area contributed by atoms with E-state index < -0.39 is 0 Å². The molecule has 1 amide bonds. The van der Waals surface area contributed by atoms with Crippen LogP contribution in [0.4, 0.5) is 0 Å². The van der Waals surface area contributed by atoms with Crippen LogP contribution < -0.4 is 0 Å². The van der Waals surface area contributed by atoms with Crippen molar-refractivity contribution in [2.45, 2.75) is 51.6 Å². The molecule has 1 aliphatic rings. The number of hydrogen-bond acceptors (Lipinski definition) is 5. The van der Waals surface area contributed by atoms with Crippen molar-refractivity contribution >= 4 is 40.9 Å². The Morgan fingerprint density at radius 3 is 2.55 bits per heavy atom. The van der Waals surface area contributed by atoms with Gasteiger partial charge in [0.2, 0.25) is 5.91 Å². The Hall–Kier alpha value is -1.28. The molecule has 1 aromatic carbocycles. The van der Waals surface area contributed by atoms with E-state index in [4.69, 9.17) is 27.9 Å². The number of carbonyl (C=O) groups excluding carboxylic acids is 1. The fourth-order valence-corrected chi connectivity index (χ4v) is 4.74. The number of halogens is 2. The zero-order valence-corrected chi connectivity index (χ0v) is 19.4. The number of ether oxygens (including phenoxy) is 1. The molecule has 1 aliphatic heterocycles. The Kier molecular flexibility index (Phi) is 7.48. The smallest absolute Gasteiger partial charge is 0.233 e. The third-order valence-corrected chi connectivity index (χ3v) is 6.03. The Bertz CT molecular complexity index is 864. The first-order valence-electron chi connectivity index (χ1n) is 9.69. The van der Waals surface area contributed by atoms with Crippen LogP contribution in [0.1, 0.15) is 27.7 Å². The molecule has 3 rings (SSSR count). The van der Waals surface area contributed by atoms with Gasteiger partial charge in [-0.3, -0.25) is 4.79 Å². The second-order valence-electron chi connectivity index (χ2n) is 7.78. The van der Waals surface area contributed by atoms with Gasteiger partial charge in [0.05, 0.1) is 23.0 Å². The molecule has 29 heavy (non-hydrogen) atoms. The van der Waals surface area contributed by atoms with Crippen molar-refractivity contribution in [3.8, 4) is 11.4 Å². The number of thioether (sulfide) groups is 1. The number of morpholine rings is 1. The van der Waals surface area contributed by atoms with E-state index in [1.165, 1.54) is 11.8 Å². The van der Waals surface area contributed by atoms with E-state index in [0.717, 1.165) is 12.1 Å². The summed E-state index contributed by atoms with van der Waals surface area (Å²) in [6.45, 7) is 10.2. The summed E-state index contributed by atoms with van der Waals surface area (Å²) >= 11 is 13.8. The normalized spacial score (nSPS) is 19.8. The van der Waals surface area contributed by atoms with Gasteiger partial charge in [-0.15, -0.1) is 10.2 Å². The van der Waals surface area contributed by atoms with E-state index in [2.05, 4.69) is 24.0 Å². The number of nitrogens with zero attached hydrogens (tertiary/aromatic N) is 4. The lowest BCUT2D eigenvalue weighted by atomic mass is 10.2. The SMILES string of the molecule is CC(C)Cn1c(SCC(=O)N2CC(C)OC(C)C2)nnc1-c1ccc(Cl)cc1Cl. The fraction of sp³-hybridized carbons (Fsp3) is 0.550. The maximum Gasteiger partial charge on any atom is 0.233 e. The molecule has 2 atom stereocenters. The molecule has 0 saturated carbocycles. The van der Waals surface area contributed by atoms with Crippen molar-refractivity contribution in [1.29, 1.82) is 0 Å². The molecule has 2 aromatic rings. The zero-order chi connectivity index (χ0) is 21.1. The fourth-order valence-electron chi connectivity index (χ4n) is 3.39. The first kappa shape index (κ1) is 22.4. The van der Waals surface area contributed by atoms with Crippen LogP contribution in [0.2, 0.25) is 10.0 Å². The zero-order valence-electron chi connectivity index (χ0n) is 17.1. The van der Waals surface area contributed by atoms with Crippen LogP contribution in [0, 0.1) is 5.92 Å². The Morgan fingerprint density at radius 1 is 1.24 bits per heavy atom. The van der Waals surface area contributed by atoms with E-state index in [1.807, 2.05) is 29.4 Å². The number of carbonyl (C=O) groups is 1. The van der Waals surface area contributed by atoms with Gasteiger partial charge >= 0.3 is 0 Å². The minimum Gasteiger partial charge on any atom is -0.372 e. The molecule has 1 aromatic heterocycles. The monoisotopic (exact) mass is 456 g/mol. The Morgan fingerprint density at radius 2 is 1.93 bits per heavy atom. The summed E-state index contributed by atoms with van der Waals surface area (Å²) in [5.74, 6) is 1.46. The molecule has 1 saturated heterocycles. The van der Waals surface area contributed by atoms with Crippen molar-refractivity contribution in [2.24, 2.45) is 5.92 Å². The van der Waals surface area contributed by atoms with Crippen molar-refractivity contribution in [3.63, 3.8) is 0 Å². The molecule has 1 fully saturated rings. The highest BCUT2D eigenvalue weighted by atomic mass is 35.5. The number of aromatic nitrogens is 3. The standard InChI is InChI=1S/C20H26Cl2N4O2S/c1-12(2)8-26-19(16-6-5-15(21)7-17(16)22)23-24-20(26)29-11-18(27)25-9-13(3)28-14(4)10-25/h5-7,12-14H,8-11H2,1-4H3. The lowest BCUT2D eigenvalue weighted by Gasteiger charge is -2.35. The first-order valence-corrected chi connectivity index (χ1v) is 11.4. The molecule has 0 N–H and O–H groups in total. The first-order chi connectivity index (χ1) is 13.7. The number of benzene rings is 1. The molecule has 0 bridgehead atoms. The minimum absolute atomic E-state index is 0.0518. The second-order valence-corrected chi connectivity index (χ2v) is 9.57. The van der Waals surface area contributed by atoms with Crippen LogP contribution in [0.5, 0.6) is 0 Å². The summed E-state index contributed by atoms with van der Waals surface area (Å²) in [4.78, 5) is 14.6. The van der Waals surface area contributed by atoms with Crippen LogP contribution in [-0.4, -0.2) is 56.6 Å². The summed E-state index contributed by atoms with van der Waals surface area (Å²) in [5, 5.41) is 10.5. The van der Waals surface area contributed by atoms with Crippen molar-refractivity contribution in [1.82, 2.24) is 19.7 Å². The topological polar surface area (TPSA) is 60.2 Å². The third kappa shape index (κ3) is 5.66. The molecule has 0 aliphatic carbocycles. The highest BCUT2D eigenvalue weighted by Gasteiger charge is 2.26. The predicted molar refractivity (Wildman–Crippen MR) is 118 cm³/mol. The van der Waals surface area contributed by atoms with Gasteiger partial charge in [-0.25, -0.2) is 0 Å². The summed E-state index contributed by atoms with van der Waals surface area (Å²) in [5.41, 5.74) is 0.776. The highest BCUT2D eigenvalue weighted by Crippen LogP contribution is 2.32. The van der Waals surface area contributed by atoms with Crippen molar-refractivity contribution < 1.29 is 9.53 Å². The summed E-state index contributed by atoms with van der Waals surface area (Å²) in [6, 6.07) is 5.33. The van der Waals surface area contributed by atoms with Crippen molar-refractivity contribution in [3.05, 3.63) is 28.2 Å². The molecule has 6 nitrogen and oxygen atoms in total. The maximum absolute atomic E-state index is 12.7. The van der Waals surface area contributed by atoms with E-state index in [9.17, 15) is 4.79 Å². The molecule has 9 heteroatoms. The van der Waals surface area contributed by atoms with Gasteiger partial charge < -0.3 is 14.2 Å². The van der Waals surface area contributed by atoms with Crippen LogP contribution in [0.3, 0.4) is 0 Å². The van der Waals surface area contributed by atoms with Gasteiger partial charge in [0.1, 0.15) is 0 Å². The highest BCUT2D eigenvalue weighted by molar-refractivity contribution is 7.99. The third-order valence-electron chi connectivity index (χ3n) is 4.53. The van der Waals surface area contributed by atoms with E-state index in [1.54, 1.807) is 12.1 Å². The van der Waals surface area contributed by atoms with Gasteiger partial charge in [0.15, 0.2) is 11.0 Å². The largest absolute Gasteiger partial charge is 0.372 e. The van der Waals surface area contributed by atoms with Crippen LogP contribution in [0.25, 0.3) is 11.4 Å². The van der Waals surface area contributed by atoms with Gasteiger partial charge in [-0.1, -0.05) is 48.8 Å². The number of amides is 1. The molecule has 2 unspecified atom stereocenters. The van der Waals surface area contributed by atoms with Crippen molar-refractivity contribution in [2.75, 3.05) is 18.8 Å². The quantitative estimate of drug-likeness (QED) is 0.592. The number of hydrogen-bond donors (Lipinski definition) is 0. The van der Waals surface area contributed by atoms with Crippen LogP contribution >= 0.6 is 35.0 Å². The molecular formula is C20H26Cl2N4O2S. The average Bonchev–Trinajstić information content (AvgIpc) is 3.00. The Balaban J connectivity index is 1.78. The average molecular weight is 457 g/mol. The van der Waals surface area contributed by atoms with E-state index in [-0.39, 0.29) is 18.1 Å². The minimum atomic E-state index is 0.0518. The second kappa shape index (κ2) is 9.69. The predicted octanol–water partition coefficient (Wildman–Crippen LogP) is 4.64. The Labute approximate surface area is 185 Å². The molecule has 0 spiro atoms.